The van der Waals surface area contributed by atoms with Gasteiger partial charge >= 0.3 is 0 Å². The summed E-state index contributed by atoms with van der Waals surface area (Å²) in [5.74, 6) is 1.13. The van der Waals surface area contributed by atoms with Crippen LogP contribution in [-0.4, -0.2) is 25.1 Å². The number of fused-ring (bicyclic) bond motifs is 1. The second-order valence-electron chi connectivity index (χ2n) is 5.27. The van der Waals surface area contributed by atoms with Crippen LogP contribution in [0.4, 0.5) is 0 Å². The lowest BCUT2D eigenvalue weighted by Gasteiger charge is -2.26. The van der Waals surface area contributed by atoms with Gasteiger partial charge in [-0.1, -0.05) is 18.2 Å². The first-order valence-corrected chi connectivity index (χ1v) is 7.07. The second-order valence-corrected chi connectivity index (χ2v) is 5.27. The molecule has 2 N–H and O–H groups in total. The zero-order chi connectivity index (χ0) is 13.1. The lowest BCUT2D eigenvalue weighted by Crippen LogP contribution is -2.32. The molecule has 0 aromatic heterocycles. The smallest absolute Gasteiger partial charge is 0.221 e. The fraction of sp³-hybridized carbons (Fsp3) is 0.533. The van der Waals surface area contributed by atoms with Gasteiger partial charge in [-0.15, -0.1) is 0 Å². The first-order valence-electron chi connectivity index (χ1n) is 7.07. The zero-order valence-corrected chi connectivity index (χ0v) is 11.0. The highest BCUT2D eigenvalue weighted by atomic mass is 16.5. The van der Waals surface area contributed by atoms with E-state index in [9.17, 15) is 4.79 Å². The average Bonchev–Trinajstić information content (AvgIpc) is 3.23. The summed E-state index contributed by atoms with van der Waals surface area (Å²) in [7, 11) is 0. The molecule has 4 nitrogen and oxygen atoms in total. The highest BCUT2D eigenvalue weighted by molar-refractivity contribution is 5.76. The molecule has 4 heteroatoms. The molecule has 1 aromatic carbocycles. The van der Waals surface area contributed by atoms with Crippen LogP contribution in [0.2, 0.25) is 0 Å². The molecule has 2 aliphatic rings. The SMILES string of the molecule is O=C(CCNC1CCOc2ccccc21)NC1CC1. The van der Waals surface area contributed by atoms with Gasteiger partial charge in [0.05, 0.1) is 6.61 Å². The van der Waals surface area contributed by atoms with Crippen LogP contribution in [0.1, 0.15) is 37.3 Å². The zero-order valence-electron chi connectivity index (χ0n) is 11.0. The van der Waals surface area contributed by atoms with Crippen molar-refractivity contribution >= 4 is 5.91 Å². The van der Waals surface area contributed by atoms with Gasteiger partial charge in [-0.3, -0.25) is 4.79 Å². The molecule has 0 bridgehead atoms. The van der Waals surface area contributed by atoms with Crippen molar-refractivity contribution in [2.75, 3.05) is 13.2 Å². The van der Waals surface area contributed by atoms with Crippen molar-refractivity contribution in [3.05, 3.63) is 29.8 Å². The Morgan fingerprint density at radius 3 is 2.95 bits per heavy atom. The van der Waals surface area contributed by atoms with Gasteiger partial charge in [-0.05, 0) is 18.9 Å². The van der Waals surface area contributed by atoms with Crippen LogP contribution in [0.25, 0.3) is 0 Å². The van der Waals surface area contributed by atoms with Crippen LogP contribution in [-0.2, 0) is 4.79 Å². The molecular weight excluding hydrogens is 240 g/mol. The number of hydrogen-bond donors (Lipinski definition) is 2. The van der Waals surface area contributed by atoms with Gasteiger partial charge in [0, 0.05) is 37.0 Å². The van der Waals surface area contributed by atoms with E-state index in [1.165, 1.54) is 5.56 Å². The molecule has 0 spiro atoms. The molecule has 1 aromatic rings. The van der Waals surface area contributed by atoms with Gasteiger partial charge in [0.25, 0.3) is 0 Å². The average molecular weight is 260 g/mol. The molecule has 1 fully saturated rings. The summed E-state index contributed by atoms with van der Waals surface area (Å²) in [5, 5.41) is 6.47. The summed E-state index contributed by atoms with van der Waals surface area (Å²) in [6.45, 7) is 1.46. The summed E-state index contributed by atoms with van der Waals surface area (Å²) in [6, 6.07) is 8.88. The van der Waals surface area contributed by atoms with E-state index in [2.05, 4.69) is 16.7 Å². The summed E-state index contributed by atoms with van der Waals surface area (Å²) in [4.78, 5) is 11.6. The van der Waals surface area contributed by atoms with E-state index in [0.717, 1.165) is 38.2 Å². The third-order valence-electron chi connectivity index (χ3n) is 3.64. The summed E-state index contributed by atoms with van der Waals surface area (Å²) in [5.41, 5.74) is 1.20. The van der Waals surface area contributed by atoms with Crippen molar-refractivity contribution in [1.82, 2.24) is 10.6 Å². The predicted octanol–water partition coefficient (Wildman–Crippen LogP) is 1.77. The van der Waals surface area contributed by atoms with Crippen molar-refractivity contribution in [3.8, 4) is 5.75 Å². The Kier molecular flexibility index (Phi) is 3.69. The van der Waals surface area contributed by atoms with E-state index in [1.807, 2.05) is 18.2 Å². The molecule has 1 aliphatic heterocycles. The third kappa shape index (κ3) is 3.26. The second kappa shape index (κ2) is 5.61. The standard InChI is InChI=1S/C15H20N2O2/c18-15(17-11-5-6-11)7-9-16-13-8-10-19-14-4-2-1-3-12(13)14/h1-4,11,13,16H,5-10H2,(H,17,18). The van der Waals surface area contributed by atoms with E-state index >= 15 is 0 Å². The highest BCUT2D eigenvalue weighted by Crippen LogP contribution is 2.31. The van der Waals surface area contributed by atoms with Crippen molar-refractivity contribution in [2.45, 2.75) is 37.8 Å². The Labute approximate surface area is 113 Å². The van der Waals surface area contributed by atoms with E-state index in [1.54, 1.807) is 0 Å². The van der Waals surface area contributed by atoms with E-state index in [4.69, 9.17) is 4.74 Å². The Morgan fingerprint density at radius 1 is 1.26 bits per heavy atom. The minimum atomic E-state index is 0.162. The van der Waals surface area contributed by atoms with Gasteiger partial charge in [-0.2, -0.15) is 0 Å². The lowest BCUT2D eigenvalue weighted by molar-refractivity contribution is -0.121. The number of benzene rings is 1. The molecule has 1 atom stereocenters. The van der Waals surface area contributed by atoms with Crippen molar-refractivity contribution < 1.29 is 9.53 Å². The lowest BCUT2D eigenvalue weighted by atomic mass is 10.0. The number of nitrogens with one attached hydrogen (secondary N) is 2. The Hall–Kier alpha value is -1.55. The van der Waals surface area contributed by atoms with Crippen LogP contribution >= 0.6 is 0 Å². The first kappa shape index (κ1) is 12.5. The molecule has 1 saturated carbocycles. The molecule has 102 valence electrons. The molecular formula is C15H20N2O2. The number of para-hydroxylation sites is 1. The largest absolute Gasteiger partial charge is 0.493 e. The molecule has 0 saturated heterocycles. The quantitative estimate of drug-likeness (QED) is 0.848. The highest BCUT2D eigenvalue weighted by Gasteiger charge is 2.23. The normalized spacial score (nSPS) is 21.4. The van der Waals surface area contributed by atoms with Crippen molar-refractivity contribution in [3.63, 3.8) is 0 Å². The summed E-state index contributed by atoms with van der Waals surface area (Å²) in [6.07, 6.45) is 3.80. The molecule has 1 aliphatic carbocycles. The minimum absolute atomic E-state index is 0.162. The topological polar surface area (TPSA) is 50.4 Å². The monoisotopic (exact) mass is 260 g/mol. The molecule has 1 amide bonds. The molecule has 1 heterocycles. The third-order valence-corrected chi connectivity index (χ3v) is 3.64. The number of ether oxygens (including phenoxy) is 1. The maximum Gasteiger partial charge on any atom is 0.221 e. The Bertz CT molecular complexity index is 457. The van der Waals surface area contributed by atoms with E-state index in [-0.39, 0.29) is 5.91 Å². The molecule has 0 radical (unpaired) electrons. The molecule has 1 unspecified atom stereocenters. The van der Waals surface area contributed by atoms with Gasteiger partial charge in [0.1, 0.15) is 5.75 Å². The van der Waals surface area contributed by atoms with Crippen molar-refractivity contribution in [2.24, 2.45) is 0 Å². The minimum Gasteiger partial charge on any atom is -0.493 e. The summed E-state index contributed by atoms with van der Waals surface area (Å²) >= 11 is 0. The van der Waals surface area contributed by atoms with E-state index in [0.29, 0.717) is 18.5 Å². The molecule has 19 heavy (non-hydrogen) atoms. The first-order chi connectivity index (χ1) is 9.33. The fourth-order valence-corrected chi connectivity index (χ4v) is 2.44. The van der Waals surface area contributed by atoms with Gasteiger partial charge in [0.15, 0.2) is 0 Å². The number of amides is 1. The number of rotatable bonds is 5. The van der Waals surface area contributed by atoms with Crippen LogP contribution in [0.3, 0.4) is 0 Å². The van der Waals surface area contributed by atoms with Gasteiger partial charge in [0.2, 0.25) is 5.91 Å². The predicted molar refractivity (Wildman–Crippen MR) is 73.1 cm³/mol. The number of carbonyl (C=O) groups is 1. The van der Waals surface area contributed by atoms with Crippen LogP contribution in [0.5, 0.6) is 5.75 Å². The van der Waals surface area contributed by atoms with Gasteiger partial charge in [-0.25, -0.2) is 0 Å². The number of carbonyl (C=O) groups excluding carboxylic acids is 1. The van der Waals surface area contributed by atoms with Crippen molar-refractivity contribution in [1.29, 1.82) is 0 Å². The maximum absolute atomic E-state index is 11.6. The van der Waals surface area contributed by atoms with Gasteiger partial charge < -0.3 is 15.4 Å². The summed E-state index contributed by atoms with van der Waals surface area (Å²) < 4.78 is 5.62. The molecule has 3 rings (SSSR count). The van der Waals surface area contributed by atoms with Crippen LogP contribution < -0.4 is 15.4 Å². The number of hydrogen-bond acceptors (Lipinski definition) is 3. The Morgan fingerprint density at radius 2 is 2.11 bits per heavy atom. The van der Waals surface area contributed by atoms with E-state index < -0.39 is 0 Å². The van der Waals surface area contributed by atoms with Crippen LogP contribution in [0.15, 0.2) is 24.3 Å². The fourth-order valence-electron chi connectivity index (χ4n) is 2.44. The Balaban J connectivity index is 1.49. The maximum atomic E-state index is 11.6. The van der Waals surface area contributed by atoms with Crippen LogP contribution in [0, 0.1) is 0 Å².